The lowest BCUT2D eigenvalue weighted by Gasteiger charge is -2.37. The first kappa shape index (κ1) is 26.4. The third-order valence-corrected chi connectivity index (χ3v) is 7.46. The van der Waals surface area contributed by atoms with E-state index in [0.29, 0.717) is 36.1 Å². The maximum absolute atomic E-state index is 13.9. The zero-order chi connectivity index (χ0) is 27.4. The van der Waals surface area contributed by atoms with Crippen molar-refractivity contribution in [2.24, 2.45) is 0 Å². The summed E-state index contributed by atoms with van der Waals surface area (Å²) in [4.78, 5) is 15.8. The number of carbonyl (C=O) groups is 1. The molecule has 5 rings (SSSR count). The number of ether oxygens (including phenoxy) is 3. The zero-order valence-electron chi connectivity index (χ0n) is 23.0. The molecule has 0 saturated carbocycles. The second-order valence-corrected chi connectivity index (χ2v) is 10.1. The van der Waals surface area contributed by atoms with Gasteiger partial charge in [0.1, 0.15) is 12.4 Å². The van der Waals surface area contributed by atoms with Crippen LogP contribution in [0.15, 0.2) is 91.0 Å². The largest absolute Gasteiger partial charge is 0.493 e. The van der Waals surface area contributed by atoms with Crippen LogP contribution in [0.2, 0.25) is 0 Å². The molecule has 200 valence electrons. The van der Waals surface area contributed by atoms with Gasteiger partial charge in [-0.25, -0.2) is 0 Å². The molecule has 0 bridgehead atoms. The second kappa shape index (κ2) is 11.6. The lowest BCUT2D eigenvalue weighted by atomic mass is 9.91. The molecule has 0 N–H and O–H groups in total. The Labute approximate surface area is 231 Å². The van der Waals surface area contributed by atoms with Gasteiger partial charge in [0.25, 0.3) is 5.91 Å². The number of nitrogens with zero attached hydrogens (tertiary/aromatic N) is 1. The van der Waals surface area contributed by atoms with Gasteiger partial charge in [-0.2, -0.15) is 0 Å². The Bertz CT molecular complexity index is 1410. The van der Waals surface area contributed by atoms with Crippen molar-refractivity contribution in [1.82, 2.24) is 4.90 Å². The third-order valence-electron chi connectivity index (χ3n) is 7.46. The number of methoxy groups -OCH3 is 2. The summed E-state index contributed by atoms with van der Waals surface area (Å²) in [5.74, 6) is 2.55. The number of amides is 1. The smallest absolute Gasteiger partial charge is 0.254 e. The normalized spacial score (nSPS) is 14.6. The predicted octanol–water partition coefficient (Wildman–Crippen LogP) is 7.31. The van der Waals surface area contributed by atoms with Crippen molar-refractivity contribution in [2.45, 2.75) is 32.2 Å². The highest BCUT2D eigenvalue weighted by atomic mass is 16.5. The highest BCUT2D eigenvalue weighted by Gasteiger charge is 2.33. The average molecular weight is 522 g/mol. The summed E-state index contributed by atoms with van der Waals surface area (Å²) in [5.41, 5.74) is 6.28. The molecule has 1 unspecified atom stereocenters. The van der Waals surface area contributed by atoms with E-state index in [1.54, 1.807) is 14.2 Å². The molecule has 4 aromatic carbocycles. The fourth-order valence-corrected chi connectivity index (χ4v) is 5.18. The van der Waals surface area contributed by atoms with Crippen LogP contribution in [0.1, 0.15) is 52.9 Å². The van der Waals surface area contributed by atoms with Crippen molar-refractivity contribution in [2.75, 3.05) is 27.4 Å². The highest BCUT2D eigenvalue weighted by Crippen LogP contribution is 2.39. The lowest BCUT2D eigenvalue weighted by Crippen LogP contribution is -2.42. The molecule has 5 heteroatoms. The molecule has 1 atom stereocenters. The van der Waals surface area contributed by atoms with Crippen molar-refractivity contribution in [1.29, 1.82) is 0 Å². The fourth-order valence-electron chi connectivity index (χ4n) is 5.18. The van der Waals surface area contributed by atoms with Crippen LogP contribution in [0, 0.1) is 0 Å². The van der Waals surface area contributed by atoms with E-state index < -0.39 is 0 Å². The van der Waals surface area contributed by atoms with Gasteiger partial charge in [-0.15, -0.1) is 0 Å². The summed E-state index contributed by atoms with van der Waals surface area (Å²) in [7, 11) is 3.27. The standard InChI is InChI=1S/C34H35NO4/c1-23(2)24-14-16-29(17-15-24)39-22-31-30-21-33(38-4)32(37-3)20-28(30)18-19-35(31)34(36)27-12-10-26(11-13-27)25-8-6-5-7-9-25/h5-17,20-21,23,31H,18-19,22H2,1-4H3. The third kappa shape index (κ3) is 5.63. The molecule has 0 aromatic heterocycles. The van der Waals surface area contributed by atoms with Gasteiger partial charge in [0.05, 0.1) is 20.3 Å². The zero-order valence-corrected chi connectivity index (χ0v) is 23.0. The Hall–Kier alpha value is -4.25. The molecule has 0 radical (unpaired) electrons. The van der Waals surface area contributed by atoms with Crippen LogP contribution in [-0.2, 0) is 6.42 Å². The van der Waals surface area contributed by atoms with Crippen LogP contribution in [0.25, 0.3) is 11.1 Å². The second-order valence-electron chi connectivity index (χ2n) is 10.1. The summed E-state index contributed by atoms with van der Waals surface area (Å²) in [6, 6.07) is 30.0. The van der Waals surface area contributed by atoms with Crippen molar-refractivity contribution in [3.8, 4) is 28.4 Å². The summed E-state index contributed by atoms with van der Waals surface area (Å²) < 4.78 is 17.5. The van der Waals surface area contributed by atoms with Gasteiger partial charge in [0.2, 0.25) is 0 Å². The maximum Gasteiger partial charge on any atom is 0.254 e. The van der Waals surface area contributed by atoms with E-state index in [1.165, 1.54) is 5.56 Å². The van der Waals surface area contributed by atoms with Crippen molar-refractivity contribution in [3.63, 3.8) is 0 Å². The van der Waals surface area contributed by atoms with Crippen LogP contribution < -0.4 is 14.2 Å². The van der Waals surface area contributed by atoms with E-state index >= 15 is 0 Å². The summed E-state index contributed by atoms with van der Waals surface area (Å²) >= 11 is 0. The molecule has 5 nitrogen and oxygen atoms in total. The quantitative estimate of drug-likeness (QED) is 0.244. The van der Waals surface area contributed by atoms with E-state index in [1.807, 2.05) is 71.6 Å². The lowest BCUT2D eigenvalue weighted by molar-refractivity contribution is 0.0589. The molecular formula is C34H35NO4. The molecule has 1 heterocycles. The molecule has 1 aliphatic heterocycles. The molecule has 0 aliphatic carbocycles. The van der Waals surface area contributed by atoms with Gasteiger partial charge in [-0.3, -0.25) is 4.79 Å². The van der Waals surface area contributed by atoms with Gasteiger partial charge in [0.15, 0.2) is 11.5 Å². The van der Waals surface area contributed by atoms with E-state index in [4.69, 9.17) is 14.2 Å². The minimum Gasteiger partial charge on any atom is -0.493 e. The Morgan fingerprint density at radius 3 is 2.13 bits per heavy atom. The average Bonchev–Trinajstić information content (AvgIpc) is 2.99. The van der Waals surface area contributed by atoms with Crippen LogP contribution in [0.3, 0.4) is 0 Å². The number of hydrogen-bond donors (Lipinski definition) is 0. The van der Waals surface area contributed by atoms with Gasteiger partial charge in [0, 0.05) is 12.1 Å². The predicted molar refractivity (Wildman–Crippen MR) is 155 cm³/mol. The van der Waals surface area contributed by atoms with Crippen LogP contribution in [0.5, 0.6) is 17.2 Å². The number of fused-ring (bicyclic) bond motifs is 1. The Kier molecular flexibility index (Phi) is 7.87. The SMILES string of the molecule is COc1cc2c(cc1OC)C(COc1ccc(C(C)C)cc1)N(C(=O)c1ccc(-c3ccccc3)cc1)CC2. The highest BCUT2D eigenvalue weighted by molar-refractivity contribution is 5.95. The van der Waals surface area contributed by atoms with Crippen molar-refractivity contribution >= 4 is 5.91 Å². The Morgan fingerprint density at radius 2 is 1.49 bits per heavy atom. The van der Waals surface area contributed by atoms with E-state index in [9.17, 15) is 4.79 Å². The first-order valence-corrected chi connectivity index (χ1v) is 13.4. The van der Waals surface area contributed by atoms with Crippen LogP contribution in [-0.4, -0.2) is 38.2 Å². The molecule has 39 heavy (non-hydrogen) atoms. The number of hydrogen-bond acceptors (Lipinski definition) is 4. The van der Waals surface area contributed by atoms with Gasteiger partial charge < -0.3 is 19.1 Å². The number of benzene rings is 4. The molecule has 4 aromatic rings. The van der Waals surface area contributed by atoms with Crippen LogP contribution >= 0.6 is 0 Å². The molecule has 0 fully saturated rings. The van der Waals surface area contributed by atoms with Gasteiger partial charge in [-0.1, -0.05) is 68.4 Å². The van der Waals surface area contributed by atoms with Gasteiger partial charge >= 0.3 is 0 Å². The maximum atomic E-state index is 13.9. The van der Waals surface area contributed by atoms with E-state index in [0.717, 1.165) is 34.4 Å². The fraction of sp³-hybridized carbons (Fsp3) is 0.265. The summed E-state index contributed by atoms with van der Waals surface area (Å²) in [5, 5.41) is 0. The minimum absolute atomic E-state index is 0.0150. The first-order chi connectivity index (χ1) is 19.0. The van der Waals surface area contributed by atoms with E-state index in [-0.39, 0.29) is 11.9 Å². The monoisotopic (exact) mass is 521 g/mol. The summed E-state index contributed by atoms with van der Waals surface area (Å²) in [6.45, 7) is 5.26. The van der Waals surface area contributed by atoms with Gasteiger partial charge in [-0.05, 0) is 76.6 Å². The number of carbonyl (C=O) groups excluding carboxylic acids is 1. The topological polar surface area (TPSA) is 48.0 Å². The van der Waals surface area contributed by atoms with Crippen LogP contribution in [0.4, 0.5) is 0 Å². The molecular weight excluding hydrogens is 486 g/mol. The molecule has 0 saturated heterocycles. The minimum atomic E-state index is -0.278. The van der Waals surface area contributed by atoms with Crippen molar-refractivity contribution in [3.05, 3.63) is 113 Å². The molecule has 1 amide bonds. The number of rotatable bonds is 8. The first-order valence-electron chi connectivity index (χ1n) is 13.4. The molecule has 1 aliphatic rings. The Balaban J connectivity index is 1.44. The molecule has 0 spiro atoms. The van der Waals surface area contributed by atoms with E-state index in [2.05, 4.69) is 38.1 Å². The summed E-state index contributed by atoms with van der Waals surface area (Å²) in [6.07, 6.45) is 0.725. The van der Waals surface area contributed by atoms with Crippen molar-refractivity contribution < 1.29 is 19.0 Å². The Morgan fingerprint density at radius 1 is 0.846 bits per heavy atom.